The molecule has 6 rings (SSSR count). The number of hydrogen-bond acceptors (Lipinski definition) is 5. The van der Waals surface area contributed by atoms with Gasteiger partial charge >= 0.3 is 0 Å². The third-order valence-corrected chi connectivity index (χ3v) is 9.03. The molecule has 3 aromatic rings. The molecule has 8 nitrogen and oxygen atoms in total. The molecule has 0 unspecified atom stereocenters. The van der Waals surface area contributed by atoms with E-state index >= 15 is 0 Å². The summed E-state index contributed by atoms with van der Waals surface area (Å²) in [4.78, 5) is 26.0. The van der Waals surface area contributed by atoms with Crippen LogP contribution in [0.4, 0.5) is 0 Å². The molecule has 3 aliphatic rings. The molecule has 2 bridgehead atoms. The summed E-state index contributed by atoms with van der Waals surface area (Å²) in [5, 5.41) is 22.8. The molecule has 2 N–H and O–H groups in total. The number of fused-ring (bicyclic) bond motifs is 5. The Bertz CT molecular complexity index is 1350. The second kappa shape index (κ2) is 8.37. The van der Waals surface area contributed by atoms with Crippen molar-refractivity contribution in [1.82, 2.24) is 24.8 Å². The van der Waals surface area contributed by atoms with Crippen LogP contribution in [-0.4, -0.2) is 31.0 Å². The van der Waals surface area contributed by atoms with E-state index < -0.39 is 0 Å². The molecule has 3 aliphatic carbocycles. The summed E-state index contributed by atoms with van der Waals surface area (Å²) in [6, 6.07) is 7.00. The van der Waals surface area contributed by atoms with Crippen molar-refractivity contribution in [3.63, 3.8) is 0 Å². The SMILES string of the molecule is N#CCC12CCC(NC(=O)Cc3nc4cnc5[nH]ccc5c4n3[C@H]3CC[C@@H](CC#N)CC3)(CC1)C2. The van der Waals surface area contributed by atoms with E-state index in [1.165, 1.54) is 0 Å². The van der Waals surface area contributed by atoms with Crippen LogP contribution in [0.25, 0.3) is 22.1 Å². The Morgan fingerprint density at radius 2 is 1.97 bits per heavy atom. The number of aromatic nitrogens is 4. The molecular weight excluding hydrogens is 438 g/mol. The van der Waals surface area contributed by atoms with Crippen molar-refractivity contribution in [2.75, 3.05) is 0 Å². The van der Waals surface area contributed by atoms with Crippen LogP contribution in [-0.2, 0) is 11.2 Å². The molecule has 3 aromatic heterocycles. The largest absolute Gasteiger partial charge is 0.350 e. The maximum atomic E-state index is 13.4. The van der Waals surface area contributed by atoms with Crippen LogP contribution in [0.1, 0.15) is 82.5 Å². The molecule has 1 amide bonds. The summed E-state index contributed by atoms with van der Waals surface area (Å²) in [5.74, 6) is 1.28. The van der Waals surface area contributed by atoms with Gasteiger partial charge in [0.25, 0.3) is 0 Å². The van der Waals surface area contributed by atoms with Crippen molar-refractivity contribution >= 4 is 28.0 Å². The molecule has 3 fully saturated rings. The first-order chi connectivity index (χ1) is 17.0. The third-order valence-electron chi connectivity index (χ3n) is 9.03. The van der Waals surface area contributed by atoms with E-state index in [-0.39, 0.29) is 29.3 Å². The van der Waals surface area contributed by atoms with Gasteiger partial charge in [-0.1, -0.05) is 0 Å². The quantitative estimate of drug-likeness (QED) is 0.535. The second-order valence-corrected chi connectivity index (χ2v) is 11.2. The number of rotatable bonds is 6. The van der Waals surface area contributed by atoms with Gasteiger partial charge in [-0.15, -0.1) is 0 Å². The molecule has 35 heavy (non-hydrogen) atoms. The van der Waals surface area contributed by atoms with Crippen LogP contribution in [0.5, 0.6) is 0 Å². The normalized spacial score (nSPS) is 29.9. The summed E-state index contributed by atoms with van der Waals surface area (Å²) < 4.78 is 2.30. The van der Waals surface area contributed by atoms with E-state index in [4.69, 9.17) is 10.2 Å². The molecule has 8 heteroatoms. The number of H-pyrrole nitrogens is 1. The summed E-state index contributed by atoms with van der Waals surface area (Å²) in [5.41, 5.74) is 2.65. The summed E-state index contributed by atoms with van der Waals surface area (Å²) in [7, 11) is 0. The van der Waals surface area contributed by atoms with Gasteiger partial charge < -0.3 is 14.9 Å². The van der Waals surface area contributed by atoms with Crippen molar-refractivity contribution in [3.05, 3.63) is 24.3 Å². The van der Waals surface area contributed by atoms with Gasteiger partial charge in [0.2, 0.25) is 5.91 Å². The number of pyridine rings is 1. The van der Waals surface area contributed by atoms with E-state index in [0.717, 1.165) is 85.7 Å². The third kappa shape index (κ3) is 3.76. The zero-order valence-electron chi connectivity index (χ0n) is 20.0. The number of nitrogens with one attached hydrogen (secondary N) is 2. The zero-order chi connectivity index (χ0) is 24.0. The fourth-order valence-corrected chi connectivity index (χ4v) is 7.28. The molecule has 0 atom stereocenters. The number of carbonyl (C=O) groups is 1. The van der Waals surface area contributed by atoms with Crippen LogP contribution in [0.15, 0.2) is 18.5 Å². The summed E-state index contributed by atoms with van der Waals surface area (Å²) in [6.07, 6.45) is 14.1. The first-order valence-corrected chi connectivity index (χ1v) is 12.9. The Morgan fingerprint density at radius 3 is 2.71 bits per heavy atom. The van der Waals surface area contributed by atoms with E-state index in [0.29, 0.717) is 18.8 Å². The highest BCUT2D eigenvalue weighted by Crippen LogP contribution is 2.58. The van der Waals surface area contributed by atoms with Gasteiger partial charge in [0.15, 0.2) is 0 Å². The molecule has 180 valence electrons. The van der Waals surface area contributed by atoms with Gasteiger partial charge in [0, 0.05) is 36.0 Å². The molecule has 0 radical (unpaired) electrons. The predicted octanol–water partition coefficient (Wildman–Crippen LogP) is 4.83. The maximum absolute atomic E-state index is 13.4. The Kier molecular flexibility index (Phi) is 5.29. The molecule has 3 saturated carbocycles. The summed E-state index contributed by atoms with van der Waals surface area (Å²) >= 11 is 0. The number of nitriles is 2. The van der Waals surface area contributed by atoms with Gasteiger partial charge in [-0.2, -0.15) is 10.5 Å². The van der Waals surface area contributed by atoms with Crippen molar-refractivity contribution in [1.29, 1.82) is 10.5 Å². The van der Waals surface area contributed by atoms with Crippen LogP contribution in [0, 0.1) is 34.0 Å². The van der Waals surface area contributed by atoms with Crippen LogP contribution < -0.4 is 5.32 Å². The monoisotopic (exact) mass is 469 g/mol. The predicted molar refractivity (Wildman–Crippen MR) is 131 cm³/mol. The van der Waals surface area contributed by atoms with E-state index in [1.54, 1.807) is 6.20 Å². The van der Waals surface area contributed by atoms with Crippen LogP contribution in [0.2, 0.25) is 0 Å². The second-order valence-electron chi connectivity index (χ2n) is 11.2. The molecule has 0 aliphatic heterocycles. The number of aromatic amines is 1. The van der Waals surface area contributed by atoms with Crippen molar-refractivity contribution in [2.24, 2.45) is 11.3 Å². The fourth-order valence-electron chi connectivity index (χ4n) is 7.28. The van der Waals surface area contributed by atoms with Gasteiger partial charge in [-0.05, 0) is 75.2 Å². The lowest BCUT2D eigenvalue weighted by molar-refractivity contribution is -0.122. The smallest absolute Gasteiger partial charge is 0.228 e. The summed E-state index contributed by atoms with van der Waals surface area (Å²) in [6.45, 7) is 0. The minimum Gasteiger partial charge on any atom is -0.350 e. The number of imidazole rings is 1. The number of amides is 1. The number of nitrogens with zero attached hydrogens (tertiary/aromatic N) is 5. The van der Waals surface area contributed by atoms with Crippen molar-refractivity contribution < 1.29 is 4.79 Å². The zero-order valence-corrected chi connectivity index (χ0v) is 20.0. The van der Waals surface area contributed by atoms with Crippen LogP contribution in [0.3, 0.4) is 0 Å². The number of carbonyl (C=O) groups excluding carboxylic acids is 1. The first kappa shape index (κ1) is 22.1. The highest BCUT2D eigenvalue weighted by atomic mass is 16.1. The minimum absolute atomic E-state index is 0.0210. The van der Waals surface area contributed by atoms with Gasteiger partial charge in [-0.3, -0.25) is 4.79 Å². The highest BCUT2D eigenvalue weighted by molar-refractivity contribution is 6.01. The molecule has 0 saturated heterocycles. The van der Waals surface area contributed by atoms with E-state index in [1.807, 2.05) is 12.3 Å². The molecule has 0 aromatic carbocycles. The molecule has 3 heterocycles. The molecular formula is C27H31N7O. The van der Waals surface area contributed by atoms with Crippen molar-refractivity contribution in [3.8, 4) is 12.1 Å². The lowest BCUT2D eigenvalue weighted by Crippen LogP contribution is -2.46. The lowest BCUT2D eigenvalue weighted by atomic mass is 9.81. The Balaban J connectivity index is 1.29. The first-order valence-electron chi connectivity index (χ1n) is 12.9. The van der Waals surface area contributed by atoms with Crippen molar-refractivity contribution in [2.45, 2.75) is 88.6 Å². The van der Waals surface area contributed by atoms with Crippen LogP contribution >= 0.6 is 0 Å². The topological polar surface area (TPSA) is 123 Å². The average molecular weight is 470 g/mol. The Labute approximate surface area is 204 Å². The molecule has 0 spiro atoms. The van der Waals surface area contributed by atoms with E-state index in [2.05, 4.69) is 32.0 Å². The number of hydrogen-bond donors (Lipinski definition) is 2. The Hall–Kier alpha value is -3.39. The lowest BCUT2D eigenvalue weighted by Gasteiger charge is -2.30. The maximum Gasteiger partial charge on any atom is 0.228 e. The average Bonchev–Trinajstić information content (AvgIpc) is 3.60. The highest BCUT2D eigenvalue weighted by Gasteiger charge is 2.54. The van der Waals surface area contributed by atoms with Gasteiger partial charge in [-0.25, -0.2) is 9.97 Å². The fraction of sp³-hybridized carbons (Fsp3) is 0.593. The minimum atomic E-state index is -0.157. The van der Waals surface area contributed by atoms with Gasteiger partial charge in [0.1, 0.15) is 17.0 Å². The standard InChI is InChI=1S/C27H31N7O/c28-12-5-18-1-3-19(4-2-18)34-22(32-21-16-31-25-20(24(21)34)6-14-30-25)15-23(35)33-27-9-7-26(17-27,8-10-27)11-13-29/h6,14,16,18-19H,1-5,7-11,15,17H2,(H,30,31)(H,33,35)/t18-,19+,26?,27?. The van der Waals surface area contributed by atoms with Gasteiger partial charge in [0.05, 0.1) is 30.3 Å². The Morgan fingerprint density at radius 1 is 1.17 bits per heavy atom. The van der Waals surface area contributed by atoms with E-state index in [9.17, 15) is 10.1 Å².